The summed E-state index contributed by atoms with van der Waals surface area (Å²) in [5.74, 6) is 3.44. The third kappa shape index (κ3) is 8.20. The third-order valence-corrected chi connectivity index (χ3v) is 13.7. The van der Waals surface area contributed by atoms with Crippen molar-refractivity contribution in [3.05, 3.63) is 194 Å². The summed E-state index contributed by atoms with van der Waals surface area (Å²) in [5, 5.41) is 3.49. The van der Waals surface area contributed by atoms with Crippen molar-refractivity contribution in [2.75, 3.05) is 28.4 Å². The molecular formula is C60H45O8P. The molecule has 0 spiro atoms. The topological polar surface area (TPSA) is 92.7 Å². The van der Waals surface area contributed by atoms with Crippen molar-refractivity contribution in [1.29, 1.82) is 0 Å². The Labute approximate surface area is 400 Å². The van der Waals surface area contributed by atoms with Crippen LogP contribution in [0, 0.1) is 0 Å². The first kappa shape index (κ1) is 43.3. The van der Waals surface area contributed by atoms with Gasteiger partial charge in [0.05, 0.1) is 28.4 Å². The van der Waals surface area contributed by atoms with Crippen LogP contribution in [-0.4, -0.2) is 33.3 Å². The van der Waals surface area contributed by atoms with Crippen LogP contribution in [0.2, 0.25) is 0 Å². The minimum Gasteiger partial charge on any atom is -0.497 e. The Morgan fingerprint density at radius 3 is 0.913 bits per heavy atom. The van der Waals surface area contributed by atoms with E-state index in [1.165, 1.54) is 0 Å². The van der Waals surface area contributed by atoms with Gasteiger partial charge in [0.15, 0.2) is 0 Å². The van der Waals surface area contributed by atoms with Crippen molar-refractivity contribution in [3.8, 4) is 112 Å². The van der Waals surface area contributed by atoms with E-state index in [0.29, 0.717) is 22.3 Å². The number of methoxy groups -OCH3 is 4. The maximum absolute atomic E-state index is 14.9. The number of phosphoric acid groups is 1. The first-order valence-electron chi connectivity index (χ1n) is 22.4. The summed E-state index contributed by atoms with van der Waals surface area (Å²) < 4.78 is 49.9. The number of hydrogen-bond acceptors (Lipinski definition) is 7. The molecule has 8 nitrogen and oxygen atoms in total. The minimum atomic E-state index is -4.92. The van der Waals surface area contributed by atoms with Crippen molar-refractivity contribution in [1.82, 2.24) is 0 Å². The average Bonchev–Trinajstić information content (AvgIpc) is 3.53. The third-order valence-electron chi connectivity index (χ3n) is 12.8. The van der Waals surface area contributed by atoms with Crippen LogP contribution in [0.25, 0.3) is 99.4 Å². The molecule has 0 fully saturated rings. The van der Waals surface area contributed by atoms with E-state index in [1.807, 2.05) is 146 Å². The van der Waals surface area contributed by atoms with E-state index in [9.17, 15) is 9.46 Å². The van der Waals surface area contributed by atoms with Crippen LogP contribution in [-0.2, 0) is 4.57 Å². The van der Waals surface area contributed by atoms with Crippen molar-refractivity contribution in [2.24, 2.45) is 0 Å². The predicted molar refractivity (Wildman–Crippen MR) is 277 cm³/mol. The molecule has 0 aliphatic carbocycles. The Morgan fingerprint density at radius 2 is 0.623 bits per heavy atom. The van der Waals surface area contributed by atoms with Gasteiger partial charge in [-0.2, -0.15) is 0 Å². The van der Waals surface area contributed by atoms with E-state index in [0.717, 1.165) is 100 Å². The Bertz CT molecular complexity index is 3250. The minimum absolute atomic E-state index is 0.235. The summed E-state index contributed by atoms with van der Waals surface area (Å²) in [6.07, 6.45) is 0. The largest absolute Gasteiger partial charge is 0.584 e. The quantitative estimate of drug-likeness (QED) is 0.136. The van der Waals surface area contributed by atoms with Crippen molar-refractivity contribution < 1.29 is 37.5 Å². The highest BCUT2D eigenvalue weighted by molar-refractivity contribution is 7.48. The molecule has 1 aliphatic heterocycles. The fourth-order valence-corrected chi connectivity index (χ4v) is 10.3. The molecule has 10 aromatic rings. The van der Waals surface area contributed by atoms with Gasteiger partial charge >= 0.3 is 7.82 Å². The molecule has 0 amide bonds. The fraction of sp³-hybridized carbons (Fsp3) is 0.0667. The zero-order valence-corrected chi connectivity index (χ0v) is 39.1. The molecule has 0 aromatic heterocycles. The van der Waals surface area contributed by atoms with Crippen molar-refractivity contribution in [2.45, 2.75) is 0 Å². The molecule has 0 saturated heterocycles. The summed E-state index contributed by atoms with van der Waals surface area (Å²) in [7, 11) is 1.68. The van der Waals surface area contributed by atoms with Crippen LogP contribution in [0.1, 0.15) is 0 Å². The van der Waals surface area contributed by atoms with Gasteiger partial charge in [-0.3, -0.25) is 4.89 Å². The van der Waals surface area contributed by atoms with Crippen LogP contribution >= 0.6 is 7.82 Å². The van der Waals surface area contributed by atoms with Gasteiger partial charge < -0.3 is 28.0 Å². The van der Waals surface area contributed by atoms with E-state index in [-0.39, 0.29) is 11.5 Å². The average molecular weight is 925 g/mol. The second-order valence-corrected chi connectivity index (χ2v) is 18.2. The summed E-state index contributed by atoms with van der Waals surface area (Å²) in [6.45, 7) is 0. The lowest BCUT2D eigenvalue weighted by Crippen LogP contribution is -2.00. The smallest absolute Gasteiger partial charge is 0.497 e. The molecule has 1 aliphatic rings. The number of rotatable bonds is 10. The van der Waals surface area contributed by atoms with E-state index in [2.05, 4.69) is 48.5 Å². The molecule has 9 heteroatoms. The molecule has 10 aromatic carbocycles. The molecule has 0 unspecified atom stereocenters. The molecule has 69 heavy (non-hydrogen) atoms. The van der Waals surface area contributed by atoms with E-state index in [4.69, 9.17) is 28.0 Å². The number of ether oxygens (including phenoxy) is 4. The van der Waals surface area contributed by atoms with Gasteiger partial charge in [0.1, 0.15) is 34.5 Å². The summed E-state index contributed by atoms with van der Waals surface area (Å²) in [6, 6.07) is 64.6. The second kappa shape index (κ2) is 17.7. The summed E-state index contributed by atoms with van der Waals surface area (Å²) >= 11 is 0. The number of fused-ring (bicyclic) bond motifs is 7. The Morgan fingerprint density at radius 1 is 0.348 bits per heavy atom. The Kier molecular flexibility index (Phi) is 11.1. The Hall–Kier alpha value is -8.29. The van der Waals surface area contributed by atoms with Gasteiger partial charge in [-0.25, -0.2) is 4.57 Å². The standard InChI is InChI=1S/C60H45O8P/c1-63-49-21-13-37(14-22-49)43-29-44(38-15-23-50(64-2)24-16-38)32-47(31-43)55-35-41-9-5-7-11-53(41)57-58-54-12-8-6-10-42(54)36-56(60(58)68-69(61,62)67-59(55)57)48-33-45(39-17-25-51(65-3)26-18-39)30-46(34-48)40-19-27-52(66-4)28-20-40/h5-36H,1-4H3,(H,61,62). The van der Waals surface area contributed by atoms with Gasteiger partial charge in [0.2, 0.25) is 0 Å². The molecular weight excluding hydrogens is 880 g/mol. The SMILES string of the molecule is COc1ccc(-c2cc(-c3ccc(OC)cc3)cc(-c3cc4ccccc4c4c3OP(=O)(O)Oc3c(-c5cc(-c6ccc(OC)cc6)cc(-c6ccc(OC)cc6)c5)cc5ccccc5c3-4)c2)cc1. The lowest BCUT2D eigenvalue weighted by atomic mass is 9.85. The first-order chi connectivity index (χ1) is 33.7. The highest BCUT2D eigenvalue weighted by Gasteiger charge is 2.38. The predicted octanol–water partition coefficient (Wildman–Crippen LogP) is 15.6. The van der Waals surface area contributed by atoms with E-state index >= 15 is 0 Å². The number of phosphoric ester groups is 1. The molecule has 1 N–H and O–H groups in total. The fourth-order valence-electron chi connectivity index (χ4n) is 9.39. The van der Waals surface area contributed by atoms with Crippen molar-refractivity contribution >= 4 is 29.4 Å². The number of benzene rings is 10. The first-order valence-corrected chi connectivity index (χ1v) is 23.9. The Balaban J connectivity index is 1.20. The summed E-state index contributed by atoms with van der Waals surface area (Å²) in [4.78, 5) is 12.1. The lowest BCUT2D eigenvalue weighted by Gasteiger charge is -2.20. The van der Waals surface area contributed by atoms with Crippen molar-refractivity contribution in [3.63, 3.8) is 0 Å². The van der Waals surface area contributed by atoms with Gasteiger partial charge in [-0.05, 0) is 174 Å². The highest BCUT2D eigenvalue weighted by atomic mass is 31.2. The van der Waals surface area contributed by atoms with Gasteiger partial charge in [-0.1, -0.05) is 97.1 Å². The maximum atomic E-state index is 14.9. The molecule has 338 valence electrons. The van der Waals surface area contributed by atoms with Crippen LogP contribution in [0.5, 0.6) is 34.5 Å². The lowest BCUT2D eigenvalue weighted by molar-refractivity contribution is 0.295. The molecule has 11 rings (SSSR count). The highest BCUT2D eigenvalue weighted by Crippen LogP contribution is 2.62. The van der Waals surface area contributed by atoms with Gasteiger partial charge in [0, 0.05) is 22.3 Å². The zero-order chi connectivity index (χ0) is 47.2. The van der Waals surface area contributed by atoms with E-state index < -0.39 is 7.82 Å². The van der Waals surface area contributed by atoms with Crippen LogP contribution in [0.15, 0.2) is 194 Å². The molecule has 0 atom stereocenters. The second-order valence-electron chi connectivity index (χ2n) is 16.9. The van der Waals surface area contributed by atoms with Crippen LogP contribution in [0.4, 0.5) is 0 Å². The molecule has 0 bridgehead atoms. The normalized spacial score (nSPS) is 12.5. The van der Waals surface area contributed by atoms with Crippen LogP contribution in [0.3, 0.4) is 0 Å². The van der Waals surface area contributed by atoms with Crippen LogP contribution < -0.4 is 28.0 Å². The van der Waals surface area contributed by atoms with Gasteiger partial charge in [0.25, 0.3) is 0 Å². The summed E-state index contributed by atoms with van der Waals surface area (Å²) in [5.41, 5.74) is 11.6. The monoisotopic (exact) mass is 924 g/mol. The number of hydrogen-bond donors (Lipinski definition) is 1. The zero-order valence-electron chi connectivity index (χ0n) is 38.2. The maximum Gasteiger partial charge on any atom is 0.584 e. The molecule has 1 heterocycles. The molecule has 0 radical (unpaired) electrons. The van der Waals surface area contributed by atoms with Gasteiger partial charge in [-0.15, -0.1) is 0 Å². The molecule has 0 saturated carbocycles. The van der Waals surface area contributed by atoms with E-state index in [1.54, 1.807) is 28.4 Å².